The number of phenols is 1. The minimum atomic E-state index is -0.271. The van der Waals surface area contributed by atoms with Crippen LogP contribution in [0.4, 0.5) is 0 Å². The van der Waals surface area contributed by atoms with Crippen LogP contribution in [0.2, 0.25) is 0 Å². The molecule has 2 aromatic carbocycles. The highest BCUT2D eigenvalue weighted by Crippen LogP contribution is 2.45. The van der Waals surface area contributed by atoms with Gasteiger partial charge in [0.25, 0.3) is 11.8 Å². The zero-order chi connectivity index (χ0) is 25.7. The highest BCUT2D eigenvalue weighted by Gasteiger charge is 2.37. The van der Waals surface area contributed by atoms with Crippen molar-refractivity contribution >= 4 is 29.5 Å². The Balaban J connectivity index is 1.55. The predicted octanol–water partition coefficient (Wildman–Crippen LogP) is 5.25. The number of nitrogens with zero attached hydrogens (tertiary/aromatic N) is 2. The fourth-order valence-electron chi connectivity index (χ4n) is 4.76. The summed E-state index contributed by atoms with van der Waals surface area (Å²) in [6, 6.07) is 10.9. The minimum Gasteiger partial charge on any atom is -0.507 e. The summed E-state index contributed by atoms with van der Waals surface area (Å²) in [7, 11) is 0. The largest absolute Gasteiger partial charge is 0.507 e. The van der Waals surface area contributed by atoms with Crippen molar-refractivity contribution in [3.8, 4) is 5.75 Å². The average Bonchev–Trinajstić information content (AvgIpc) is 3.25. The monoisotopic (exact) mass is 494 g/mol. The number of fused-ring (bicyclic) bond motifs is 1. The van der Waals surface area contributed by atoms with E-state index < -0.39 is 0 Å². The third kappa shape index (κ3) is 4.70. The summed E-state index contributed by atoms with van der Waals surface area (Å²) in [6.07, 6.45) is 0.505. The number of carbonyl (C=O) groups excluding carboxylic acids is 3. The molecule has 1 atom stereocenters. The molecule has 2 aromatic rings. The highest BCUT2D eigenvalue weighted by atomic mass is 32.2. The molecule has 0 saturated carbocycles. The molecule has 2 aliphatic heterocycles. The Morgan fingerprint density at radius 2 is 1.40 bits per heavy atom. The summed E-state index contributed by atoms with van der Waals surface area (Å²) in [5.74, 6) is 0.207. The molecule has 0 radical (unpaired) electrons. The van der Waals surface area contributed by atoms with Gasteiger partial charge in [-0.2, -0.15) is 0 Å². The van der Waals surface area contributed by atoms with Gasteiger partial charge in [-0.1, -0.05) is 53.7 Å². The number of rotatable bonds is 5. The van der Waals surface area contributed by atoms with E-state index in [0.29, 0.717) is 35.6 Å². The lowest BCUT2D eigenvalue weighted by atomic mass is 9.78. The van der Waals surface area contributed by atoms with Crippen molar-refractivity contribution in [2.24, 2.45) is 0 Å². The summed E-state index contributed by atoms with van der Waals surface area (Å²) in [4.78, 5) is 41.3. The first kappa shape index (κ1) is 25.3. The number of hydrogen-bond donors (Lipinski definition) is 1. The van der Waals surface area contributed by atoms with Gasteiger partial charge in [-0.3, -0.25) is 19.3 Å². The van der Waals surface area contributed by atoms with Crippen molar-refractivity contribution in [2.45, 2.75) is 64.2 Å². The zero-order valence-electron chi connectivity index (χ0n) is 21.3. The van der Waals surface area contributed by atoms with Gasteiger partial charge in [0.15, 0.2) is 0 Å². The Hall–Kier alpha value is -2.80. The van der Waals surface area contributed by atoms with Gasteiger partial charge in [0, 0.05) is 13.1 Å². The van der Waals surface area contributed by atoms with Crippen LogP contribution in [0, 0.1) is 0 Å². The molecule has 7 heteroatoms. The van der Waals surface area contributed by atoms with Gasteiger partial charge < -0.3 is 10.0 Å². The van der Waals surface area contributed by atoms with E-state index in [-0.39, 0.29) is 40.5 Å². The van der Waals surface area contributed by atoms with E-state index in [1.807, 2.05) is 17.0 Å². The van der Waals surface area contributed by atoms with E-state index in [1.165, 1.54) is 4.90 Å². The van der Waals surface area contributed by atoms with Gasteiger partial charge in [-0.15, -0.1) is 11.8 Å². The van der Waals surface area contributed by atoms with Crippen LogP contribution >= 0.6 is 11.8 Å². The lowest BCUT2D eigenvalue weighted by molar-refractivity contribution is -0.128. The molecule has 0 aromatic heterocycles. The van der Waals surface area contributed by atoms with Crippen LogP contribution in [0.1, 0.15) is 90.7 Å². The van der Waals surface area contributed by atoms with E-state index in [4.69, 9.17) is 0 Å². The van der Waals surface area contributed by atoms with Crippen molar-refractivity contribution in [1.29, 1.82) is 0 Å². The third-order valence-corrected chi connectivity index (χ3v) is 7.92. The lowest BCUT2D eigenvalue weighted by Crippen LogP contribution is -2.35. The van der Waals surface area contributed by atoms with E-state index in [2.05, 4.69) is 41.5 Å². The lowest BCUT2D eigenvalue weighted by Gasteiger charge is -2.31. The highest BCUT2D eigenvalue weighted by molar-refractivity contribution is 8.00. The number of thioether (sulfide) groups is 1. The molecule has 2 aliphatic rings. The molecule has 3 amide bonds. The Morgan fingerprint density at radius 1 is 0.886 bits per heavy atom. The van der Waals surface area contributed by atoms with Gasteiger partial charge in [0.1, 0.15) is 11.1 Å². The molecule has 1 saturated heterocycles. The predicted molar refractivity (Wildman–Crippen MR) is 139 cm³/mol. The smallest absolute Gasteiger partial charge is 0.261 e. The van der Waals surface area contributed by atoms with Crippen molar-refractivity contribution in [1.82, 2.24) is 9.80 Å². The Labute approximate surface area is 211 Å². The summed E-state index contributed by atoms with van der Waals surface area (Å²) in [5.41, 5.74) is 3.09. The van der Waals surface area contributed by atoms with Gasteiger partial charge in [-0.05, 0) is 58.2 Å². The molecule has 0 bridgehead atoms. The Morgan fingerprint density at radius 3 is 1.89 bits per heavy atom. The molecule has 1 unspecified atom stereocenters. The summed E-state index contributed by atoms with van der Waals surface area (Å²) < 4.78 is 0. The molecular weight excluding hydrogens is 460 g/mol. The average molecular weight is 495 g/mol. The number of imide groups is 1. The van der Waals surface area contributed by atoms with Crippen LogP contribution in [0.25, 0.3) is 0 Å². The first-order valence-electron chi connectivity index (χ1n) is 12.0. The maximum atomic E-state index is 12.8. The summed E-state index contributed by atoms with van der Waals surface area (Å²) >= 11 is 1.58. The molecule has 0 spiro atoms. The van der Waals surface area contributed by atoms with E-state index in [0.717, 1.165) is 16.7 Å². The molecule has 4 rings (SSSR count). The van der Waals surface area contributed by atoms with Gasteiger partial charge >= 0.3 is 0 Å². The van der Waals surface area contributed by atoms with E-state index in [9.17, 15) is 19.5 Å². The van der Waals surface area contributed by atoms with Crippen LogP contribution in [0.3, 0.4) is 0 Å². The van der Waals surface area contributed by atoms with E-state index in [1.54, 1.807) is 36.0 Å². The zero-order valence-corrected chi connectivity index (χ0v) is 22.2. The maximum Gasteiger partial charge on any atom is 0.261 e. The topological polar surface area (TPSA) is 77.9 Å². The van der Waals surface area contributed by atoms with Crippen LogP contribution in [0.15, 0.2) is 36.4 Å². The van der Waals surface area contributed by atoms with Crippen LogP contribution in [0.5, 0.6) is 5.75 Å². The molecule has 0 aliphatic carbocycles. The fraction of sp³-hybridized carbons (Fsp3) is 0.464. The number of benzene rings is 2. The van der Waals surface area contributed by atoms with Gasteiger partial charge in [0.2, 0.25) is 5.91 Å². The number of phenolic OH excluding ortho intramolecular Hbond substituents is 1. The third-order valence-electron chi connectivity index (χ3n) is 6.66. The molecule has 2 heterocycles. The Bertz CT molecular complexity index is 1120. The number of amides is 3. The van der Waals surface area contributed by atoms with Gasteiger partial charge in [0.05, 0.1) is 16.9 Å². The normalized spacial score (nSPS) is 18.6. The second-order valence-electron chi connectivity index (χ2n) is 11.4. The first-order chi connectivity index (χ1) is 16.3. The van der Waals surface area contributed by atoms with Crippen LogP contribution in [-0.4, -0.2) is 51.5 Å². The minimum absolute atomic E-state index is 0.0463. The standard InChI is InChI=1S/C28H34N2O4S/c1-27(2,3)20-14-17(15-21(23(20)32)28(4,5)6)26-29(22(31)16-35-26)12-9-13-30-24(33)18-10-7-8-11-19(18)25(30)34/h7-8,10-11,14-15,26,32H,9,12-13,16H2,1-6H3. The maximum absolute atomic E-state index is 12.8. The van der Waals surface area contributed by atoms with Crippen LogP contribution in [-0.2, 0) is 15.6 Å². The fourth-order valence-corrected chi connectivity index (χ4v) is 5.95. The van der Waals surface area contributed by atoms with Crippen molar-refractivity contribution in [2.75, 3.05) is 18.8 Å². The van der Waals surface area contributed by atoms with Crippen molar-refractivity contribution in [3.63, 3.8) is 0 Å². The summed E-state index contributed by atoms with van der Waals surface area (Å²) in [6.45, 7) is 13.2. The molecule has 186 valence electrons. The summed E-state index contributed by atoms with van der Waals surface area (Å²) in [5, 5.41) is 10.9. The van der Waals surface area contributed by atoms with Crippen LogP contribution < -0.4 is 0 Å². The number of aromatic hydroxyl groups is 1. The molecule has 6 nitrogen and oxygen atoms in total. The number of hydrogen-bond acceptors (Lipinski definition) is 5. The quantitative estimate of drug-likeness (QED) is 0.575. The second kappa shape index (κ2) is 9.01. The molecule has 1 fully saturated rings. The molecule has 35 heavy (non-hydrogen) atoms. The van der Waals surface area contributed by atoms with Gasteiger partial charge in [-0.25, -0.2) is 0 Å². The first-order valence-corrected chi connectivity index (χ1v) is 13.1. The van der Waals surface area contributed by atoms with E-state index >= 15 is 0 Å². The second-order valence-corrected chi connectivity index (χ2v) is 12.4. The number of carbonyl (C=O) groups is 3. The van der Waals surface area contributed by atoms with Crippen molar-refractivity contribution < 1.29 is 19.5 Å². The van der Waals surface area contributed by atoms with Crippen molar-refractivity contribution in [3.05, 3.63) is 64.2 Å². The Kier molecular flexibility index (Phi) is 6.51. The molecule has 1 N–H and O–H groups in total. The molecular formula is C28H34N2O4S. The SMILES string of the molecule is CC(C)(C)c1cc(C2SCC(=O)N2CCCN2C(=O)c3ccccc3C2=O)cc(C(C)(C)C)c1O.